The van der Waals surface area contributed by atoms with Gasteiger partial charge < -0.3 is 10.2 Å². The molecule has 0 spiro atoms. The normalized spacial score (nSPS) is 18.1. The van der Waals surface area contributed by atoms with Crippen LogP contribution in [0, 0.1) is 0 Å². The van der Waals surface area contributed by atoms with Crippen LogP contribution >= 0.6 is 11.6 Å². The van der Waals surface area contributed by atoms with Gasteiger partial charge in [0.1, 0.15) is 0 Å². The molecule has 2 nitrogen and oxygen atoms in total. The number of hydrogen-bond acceptors (Lipinski definition) is 2. The van der Waals surface area contributed by atoms with Gasteiger partial charge in [0.25, 0.3) is 0 Å². The van der Waals surface area contributed by atoms with E-state index in [-0.39, 0.29) is 0 Å². The second-order valence-corrected chi connectivity index (χ2v) is 5.57. The fourth-order valence-electron chi connectivity index (χ4n) is 2.44. The molecule has 1 N–H and O–H groups in total. The summed E-state index contributed by atoms with van der Waals surface area (Å²) in [4.78, 5) is 2.36. The van der Waals surface area contributed by atoms with E-state index in [4.69, 9.17) is 11.6 Å². The molecule has 1 fully saturated rings. The fraction of sp³-hybridized carbons (Fsp3) is 0.571. The molecule has 0 bridgehead atoms. The summed E-state index contributed by atoms with van der Waals surface area (Å²) in [6.07, 6.45) is 3.96. The molecule has 0 aliphatic heterocycles. The van der Waals surface area contributed by atoms with E-state index in [1.807, 2.05) is 18.2 Å². The van der Waals surface area contributed by atoms with E-state index >= 15 is 0 Å². The minimum Gasteiger partial charge on any atom is -0.311 e. The van der Waals surface area contributed by atoms with Crippen LogP contribution in [0.25, 0.3) is 0 Å². The van der Waals surface area contributed by atoms with Gasteiger partial charge >= 0.3 is 0 Å². The smallest absolute Gasteiger partial charge is 0.0450 e. The highest BCUT2D eigenvalue weighted by Gasteiger charge is 2.38. The molecule has 0 unspecified atom stereocenters. The summed E-state index contributed by atoms with van der Waals surface area (Å²) in [5.41, 5.74) is 1.56. The molecule has 1 aromatic carbocycles. The van der Waals surface area contributed by atoms with Crippen molar-refractivity contribution in [1.82, 2.24) is 10.2 Å². The molecule has 1 aromatic rings. The number of nitrogens with one attached hydrogen (secondary N) is 1. The largest absolute Gasteiger partial charge is 0.311 e. The van der Waals surface area contributed by atoms with Crippen molar-refractivity contribution in [2.45, 2.75) is 31.3 Å². The molecule has 2 rings (SSSR count). The van der Waals surface area contributed by atoms with Crippen molar-refractivity contribution < 1.29 is 0 Å². The lowest BCUT2D eigenvalue weighted by atomic mass is 9.75. The van der Waals surface area contributed by atoms with E-state index in [1.165, 1.54) is 24.8 Å². The van der Waals surface area contributed by atoms with Crippen LogP contribution in [-0.2, 0) is 6.54 Å². The predicted molar refractivity (Wildman–Crippen MR) is 73.4 cm³/mol. The molecular formula is C14H21ClN2. The minimum atomic E-state index is 0.376. The zero-order valence-electron chi connectivity index (χ0n) is 10.7. The summed E-state index contributed by atoms with van der Waals surface area (Å²) >= 11 is 6.13. The van der Waals surface area contributed by atoms with Crippen LogP contribution in [0.3, 0.4) is 0 Å². The van der Waals surface area contributed by atoms with Crippen LogP contribution in [0.2, 0.25) is 5.02 Å². The van der Waals surface area contributed by atoms with Gasteiger partial charge in [-0.25, -0.2) is 0 Å². The third kappa shape index (κ3) is 2.82. The Bertz CT molecular complexity index is 372. The number of halogens is 1. The van der Waals surface area contributed by atoms with Crippen LogP contribution in [0.15, 0.2) is 24.3 Å². The number of rotatable bonds is 5. The number of hydrogen-bond donors (Lipinski definition) is 1. The highest BCUT2D eigenvalue weighted by Crippen LogP contribution is 2.35. The van der Waals surface area contributed by atoms with E-state index < -0.39 is 0 Å². The quantitative estimate of drug-likeness (QED) is 0.867. The Morgan fingerprint density at radius 1 is 1.29 bits per heavy atom. The first kappa shape index (κ1) is 12.9. The summed E-state index contributed by atoms with van der Waals surface area (Å²) in [5.74, 6) is 0. The molecule has 94 valence electrons. The predicted octanol–water partition coefficient (Wildman–Crippen LogP) is 2.91. The average molecular weight is 253 g/mol. The van der Waals surface area contributed by atoms with E-state index in [0.717, 1.165) is 18.1 Å². The SMILES string of the molecule is CN(C)C1(CNCc2ccccc2Cl)CCC1. The van der Waals surface area contributed by atoms with Crippen molar-refractivity contribution >= 4 is 11.6 Å². The lowest BCUT2D eigenvalue weighted by Crippen LogP contribution is -2.56. The van der Waals surface area contributed by atoms with E-state index in [0.29, 0.717) is 5.54 Å². The molecule has 0 heterocycles. The monoisotopic (exact) mass is 252 g/mol. The van der Waals surface area contributed by atoms with Crippen LogP contribution < -0.4 is 5.32 Å². The van der Waals surface area contributed by atoms with Gasteiger partial charge in [-0.3, -0.25) is 0 Å². The Kier molecular flexibility index (Phi) is 4.08. The van der Waals surface area contributed by atoms with Gasteiger partial charge in [0.15, 0.2) is 0 Å². The summed E-state index contributed by atoms with van der Waals surface area (Å²) in [6.45, 7) is 1.90. The Morgan fingerprint density at radius 2 is 2.00 bits per heavy atom. The van der Waals surface area contributed by atoms with Crippen molar-refractivity contribution in [3.8, 4) is 0 Å². The van der Waals surface area contributed by atoms with Crippen molar-refractivity contribution in [3.63, 3.8) is 0 Å². The van der Waals surface area contributed by atoms with Gasteiger partial charge in [0.05, 0.1) is 0 Å². The zero-order valence-corrected chi connectivity index (χ0v) is 11.4. The van der Waals surface area contributed by atoms with Crippen LogP contribution in [0.4, 0.5) is 0 Å². The fourth-order valence-corrected chi connectivity index (χ4v) is 2.64. The topological polar surface area (TPSA) is 15.3 Å². The zero-order chi connectivity index (χ0) is 12.3. The molecule has 3 heteroatoms. The van der Waals surface area contributed by atoms with Crippen molar-refractivity contribution in [2.24, 2.45) is 0 Å². The molecular weight excluding hydrogens is 232 g/mol. The average Bonchev–Trinajstić information content (AvgIpc) is 2.23. The molecule has 1 saturated carbocycles. The summed E-state index contributed by atoms with van der Waals surface area (Å²) in [6, 6.07) is 8.04. The van der Waals surface area contributed by atoms with Crippen molar-refractivity contribution in [2.75, 3.05) is 20.6 Å². The molecule has 1 aliphatic rings. The molecule has 0 amide bonds. The summed E-state index contributed by atoms with van der Waals surface area (Å²) in [5, 5.41) is 4.39. The molecule has 0 aromatic heterocycles. The Hall–Kier alpha value is -0.570. The standard InChI is InChI=1S/C14H21ClN2/c1-17(2)14(8-5-9-14)11-16-10-12-6-3-4-7-13(12)15/h3-4,6-7,16H,5,8-11H2,1-2H3. The van der Waals surface area contributed by atoms with Crippen molar-refractivity contribution in [1.29, 1.82) is 0 Å². The number of likely N-dealkylation sites (N-methyl/N-ethyl adjacent to an activating group) is 1. The Labute approximate surface area is 109 Å². The van der Waals surface area contributed by atoms with Gasteiger partial charge in [0.2, 0.25) is 0 Å². The lowest BCUT2D eigenvalue weighted by Gasteiger charge is -2.47. The van der Waals surface area contributed by atoms with Gasteiger partial charge in [-0.1, -0.05) is 29.8 Å². The van der Waals surface area contributed by atoms with Gasteiger partial charge in [-0.2, -0.15) is 0 Å². The number of nitrogens with zero attached hydrogens (tertiary/aromatic N) is 1. The molecule has 1 aliphatic carbocycles. The Morgan fingerprint density at radius 3 is 2.53 bits per heavy atom. The van der Waals surface area contributed by atoms with Gasteiger partial charge in [-0.05, 0) is 45.0 Å². The first-order valence-electron chi connectivity index (χ1n) is 6.26. The maximum atomic E-state index is 6.13. The minimum absolute atomic E-state index is 0.376. The number of benzene rings is 1. The van der Waals surface area contributed by atoms with Crippen LogP contribution in [0.5, 0.6) is 0 Å². The maximum absolute atomic E-state index is 6.13. The van der Waals surface area contributed by atoms with Gasteiger partial charge in [0, 0.05) is 23.7 Å². The van der Waals surface area contributed by atoms with Crippen LogP contribution in [-0.4, -0.2) is 31.1 Å². The molecule has 0 saturated heterocycles. The second-order valence-electron chi connectivity index (χ2n) is 5.17. The second kappa shape index (κ2) is 5.38. The van der Waals surface area contributed by atoms with E-state index in [9.17, 15) is 0 Å². The lowest BCUT2D eigenvalue weighted by molar-refractivity contribution is 0.0598. The first-order valence-corrected chi connectivity index (χ1v) is 6.63. The first-order chi connectivity index (χ1) is 8.14. The third-order valence-corrected chi connectivity index (χ3v) is 4.33. The molecule has 0 radical (unpaired) electrons. The molecule has 0 atom stereocenters. The third-order valence-electron chi connectivity index (χ3n) is 3.96. The maximum Gasteiger partial charge on any atom is 0.0450 e. The van der Waals surface area contributed by atoms with E-state index in [2.05, 4.69) is 30.4 Å². The highest BCUT2D eigenvalue weighted by atomic mass is 35.5. The summed E-state index contributed by atoms with van der Waals surface area (Å²) < 4.78 is 0. The van der Waals surface area contributed by atoms with Gasteiger partial charge in [-0.15, -0.1) is 0 Å². The summed E-state index contributed by atoms with van der Waals surface area (Å²) in [7, 11) is 4.35. The van der Waals surface area contributed by atoms with E-state index in [1.54, 1.807) is 0 Å². The highest BCUT2D eigenvalue weighted by molar-refractivity contribution is 6.31. The van der Waals surface area contributed by atoms with Crippen molar-refractivity contribution in [3.05, 3.63) is 34.9 Å². The molecule has 17 heavy (non-hydrogen) atoms. The van der Waals surface area contributed by atoms with Crippen LogP contribution in [0.1, 0.15) is 24.8 Å². The Balaban J connectivity index is 1.85.